The maximum atomic E-state index is 4.58. The largest absolute Gasteiger partial charge is 0.351 e. The lowest BCUT2D eigenvalue weighted by atomic mass is 10.1. The summed E-state index contributed by atoms with van der Waals surface area (Å²) in [6.45, 7) is 3.58. The van der Waals surface area contributed by atoms with Crippen LogP contribution in [0.5, 0.6) is 0 Å². The van der Waals surface area contributed by atoms with Crippen LogP contribution in [0.4, 0.5) is 0 Å². The van der Waals surface area contributed by atoms with Crippen molar-refractivity contribution >= 4 is 22.3 Å². The second kappa shape index (κ2) is 6.83. The molecule has 0 unspecified atom stereocenters. The van der Waals surface area contributed by atoms with Crippen LogP contribution in [0.3, 0.4) is 0 Å². The number of imidazole rings is 1. The number of aromatic nitrogens is 2. The van der Waals surface area contributed by atoms with E-state index in [0.717, 1.165) is 23.2 Å². The van der Waals surface area contributed by atoms with Crippen molar-refractivity contribution in [2.75, 3.05) is 14.1 Å². The van der Waals surface area contributed by atoms with Gasteiger partial charge < -0.3 is 10.2 Å². The number of fused-ring (bicyclic) bond motifs is 1. The Morgan fingerprint density at radius 1 is 1.35 bits per heavy atom. The molecule has 0 bridgehead atoms. The number of benzene rings is 1. The smallest absolute Gasteiger partial charge is 0.194 e. The Bertz CT molecular complexity index is 771. The molecule has 23 heavy (non-hydrogen) atoms. The van der Waals surface area contributed by atoms with E-state index in [1.807, 2.05) is 29.2 Å². The monoisotopic (exact) mass is 327 g/mol. The molecule has 0 saturated carbocycles. The maximum absolute atomic E-state index is 4.58. The number of nitrogens with zero attached hydrogens (tertiary/aromatic N) is 4. The molecule has 0 aliphatic carbocycles. The van der Waals surface area contributed by atoms with Crippen molar-refractivity contribution in [2.45, 2.75) is 20.0 Å². The van der Waals surface area contributed by atoms with Crippen LogP contribution in [-0.2, 0) is 13.1 Å². The predicted molar refractivity (Wildman–Crippen MR) is 95.9 cm³/mol. The van der Waals surface area contributed by atoms with Gasteiger partial charge in [0.05, 0.1) is 12.2 Å². The standard InChI is InChI=1S/C17H21N5S/c1-13-4-6-14(7-5-13)11-21(3)16(18-2)19-10-15-12-22-8-9-23-17(22)20-15/h4-9,12H,10-11H2,1-3H3,(H,18,19). The quantitative estimate of drug-likeness (QED) is 0.592. The van der Waals surface area contributed by atoms with Crippen LogP contribution in [0.15, 0.2) is 47.0 Å². The number of hydrogen-bond acceptors (Lipinski definition) is 3. The van der Waals surface area contributed by atoms with Gasteiger partial charge in [-0.15, -0.1) is 11.3 Å². The summed E-state index contributed by atoms with van der Waals surface area (Å²) in [5, 5.41) is 5.41. The first kappa shape index (κ1) is 15.6. The third-order valence-corrected chi connectivity index (χ3v) is 4.46. The molecule has 5 nitrogen and oxygen atoms in total. The summed E-state index contributed by atoms with van der Waals surface area (Å²) in [7, 11) is 3.85. The molecule has 3 aromatic rings. The van der Waals surface area contributed by atoms with Gasteiger partial charge in [-0.2, -0.15) is 0 Å². The second-order valence-corrected chi connectivity index (χ2v) is 6.44. The molecular weight excluding hydrogens is 306 g/mol. The Kier molecular flexibility index (Phi) is 4.62. The molecule has 120 valence electrons. The van der Waals surface area contributed by atoms with Crippen LogP contribution in [-0.4, -0.2) is 34.3 Å². The van der Waals surface area contributed by atoms with E-state index in [0.29, 0.717) is 6.54 Å². The molecule has 0 aliphatic rings. The Morgan fingerprint density at radius 3 is 2.83 bits per heavy atom. The van der Waals surface area contributed by atoms with Crippen LogP contribution in [0.2, 0.25) is 0 Å². The van der Waals surface area contributed by atoms with E-state index in [2.05, 4.69) is 51.4 Å². The van der Waals surface area contributed by atoms with Gasteiger partial charge in [0.1, 0.15) is 0 Å². The lowest BCUT2D eigenvalue weighted by Crippen LogP contribution is -2.38. The summed E-state index contributed by atoms with van der Waals surface area (Å²) in [5.41, 5.74) is 3.56. The van der Waals surface area contributed by atoms with E-state index >= 15 is 0 Å². The van der Waals surface area contributed by atoms with Gasteiger partial charge in [0, 0.05) is 38.4 Å². The minimum Gasteiger partial charge on any atom is -0.351 e. The number of hydrogen-bond donors (Lipinski definition) is 1. The Hall–Kier alpha value is -2.34. The second-order valence-electron chi connectivity index (χ2n) is 5.57. The van der Waals surface area contributed by atoms with Crippen molar-refractivity contribution in [2.24, 2.45) is 4.99 Å². The minimum atomic E-state index is 0.666. The predicted octanol–water partition coefficient (Wildman–Crippen LogP) is 2.91. The average Bonchev–Trinajstić information content (AvgIpc) is 3.11. The number of aliphatic imine (C=N–C) groups is 1. The third kappa shape index (κ3) is 3.71. The zero-order chi connectivity index (χ0) is 16.2. The highest BCUT2D eigenvalue weighted by molar-refractivity contribution is 7.15. The van der Waals surface area contributed by atoms with Gasteiger partial charge in [0.25, 0.3) is 0 Å². The van der Waals surface area contributed by atoms with Crippen LogP contribution in [0.25, 0.3) is 4.96 Å². The summed E-state index contributed by atoms with van der Waals surface area (Å²) in [4.78, 5) is 12.1. The summed E-state index contributed by atoms with van der Waals surface area (Å²) in [6.07, 6.45) is 4.07. The molecule has 6 heteroatoms. The summed E-state index contributed by atoms with van der Waals surface area (Å²) in [5.74, 6) is 0.863. The third-order valence-electron chi connectivity index (χ3n) is 3.68. The molecule has 0 spiro atoms. The van der Waals surface area contributed by atoms with Crippen LogP contribution in [0, 0.1) is 6.92 Å². The molecule has 1 N–H and O–H groups in total. The van der Waals surface area contributed by atoms with Crippen LogP contribution in [0.1, 0.15) is 16.8 Å². The highest BCUT2D eigenvalue weighted by atomic mass is 32.1. The molecule has 2 aromatic heterocycles. The highest BCUT2D eigenvalue weighted by Gasteiger charge is 2.08. The van der Waals surface area contributed by atoms with Crippen molar-refractivity contribution in [3.63, 3.8) is 0 Å². The number of aryl methyl sites for hydroxylation is 1. The van der Waals surface area contributed by atoms with Gasteiger partial charge in [-0.25, -0.2) is 4.98 Å². The lowest BCUT2D eigenvalue weighted by molar-refractivity contribution is 0.476. The normalized spacial score (nSPS) is 11.9. The Balaban J connectivity index is 1.60. The van der Waals surface area contributed by atoms with Gasteiger partial charge in [0.15, 0.2) is 10.9 Å². The van der Waals surface area contributed by atoms with E-state index in [1.165, 1.54) is 11.1 Å². The minimum absolute atomic E-state index is 0.666. The van der Waals surface area contributed by atoms with Crippen molar-refractivity contribution in [1.82, 2.24) is 19.6 Å². The highest BCUT2D eigenvalue weighted by Crippen LogP contribution is 2.11. The van der Waals surface area contributed by atoms with Gasteiger partial charge in [-0.3, -0.25) is 9.39 Å². The number of thiazole rings is 1. The SMILES string of the molecule is CN=C(NCc1cn2ccsc2n1)N(C)Cc1ccc(C)cc1. The first-order valence-corrected chi connectivity index (χ1v) is 8.42. The molecule has 0 radical (unpaired) electrons. The fourth-order valence-corrected chi connectivity index (χ4v) is 3.18. The fraction of sp³-hybridized carbons (Fsp3) is 0.294. The van der Waals surface area contributed by atoms with E-state index in [4.69, 9.17) is 0 Å². The number of rotatable bonds is 4. The molecule has 0 saturated heterocycles. The Morgan fingerprint density at radius 2 is 2.13 bits per heavy atom. The van der Waals surface area contributed by atoms with E-state index in [1.54, 1.807) is 18.4 Å². The van der Waals surface area contributed by atoms with Crippen molar-refractivity contribution in [3.05, 3.63) is 58.9 Å². The van der Waals surface area contributed by atoms with Crippen LogP contribution < -0.4 is 5.32 Å². The van der Waals surface area contributed by atoms with Crippen LogP contribution >= 0.6 is 11.3 Å². The molecule has 0 aliphatic heterocycles. The zero-order valence-electron chi connectivity index (χ0n) is 13.7. The summed E-state index contributed by atoms with van der Waals surface area (Å²) in [6, 6.07) is 8.58. The van der Waals surface area contributed by atoms with Crippen molar-refractivity contribution < 1.29 is 0 Å². The van der Waals surface area contributed by atoms with Crippen molar-refractivity contribution in [1.29, 1.82) is 0 Å². The van der Waals surface area contributed by atoms with Gasteiger partial charge in [-0.05, 0) is 12.5 Å². The number of guanidine groups is 1. The van der Waals surface area contributed by atoms with E-state index in [-0.39, 0.29) is 0 Å². The van der Waals surface area contributed by atoms with Crippen molar-refractivity contribution in [3.8, 4) is 0 Å². The maximum Gasteiger partial charge on any atom is 0.194 e. The van der Waals surface area contributed by atoms with E-state index in [9.17, 15) is 0 Å². The Labute approximate surface area is 140 Å². The first-order valence-electron chi connectivity index (χ1n) is 7.54. The summed E-state index contributed by atoms with van der Waals surface area (Å²) >= 11 is 1.64. The molecule has 1 aromatic carbocycles. The molecular formula is C17H21N5S. The van der Waals surface area contributed by atoms with Gasteiger partial charge >= 0.3 is 0 Å². The lowest BCUT2D eigenvalue weighted by Gasteiger charge is -2.22. The zero-order valence-corrected chi connectivity index (χ0v) is 14.5. The molecule has 0 fully saturated rings. The molecule has 2 heterocycles. The molecule has 3 rings (SSSR count). The number of nitrogens with one attached hydrogen (secondary N) is 1. The first-order chi connectivity index (χ1) is 11.2. The average molecular weight is 327 g/mol. The molecule has 0 atom stereocenters. The summed E-state index contributed by atoms with van der Waals surface area (Å²) < 4.78 is 2.04. The molecule has 0 amide bonds. The van der Waals surface area contributed by atoms with Gasteiger partial charge in [-0.1, -0.05) is 29.8 Å². The van der Waals surface area contributed by atoms with E-state index < -0.39 is 0 Å². The topological polar surface area (TPSA) is 44.9 Å². The van der Waals surface area contributed by atoms with Gasteiger partial charge in [0.2, 0.25) is 0 Å². The fourth-order valence-electron chi connectivity index (χ4n) is 2.46.